The van der Waals surface area contributed by atoms with E-state index in [1.165, 1.54) is 0 Å². The Morgan fingerprint density at radius 3 is 2.50 bits per heavy atom. The second-order valence-corrected chi connectivity index (χ2v) is 5.19. The molecule has 5 nitrogen and oxygen atoms in total. The van der Waals surface area contributed by atoms with Crippen LogP contribution in [-0.4, -0.2) is 11.9 Å². The fourth-order valence-electron chi connectivity index (χ4n) is 1.82. The number of imide groups is 1. The van der Waals surface area contributed by atoms with Crippen LogP contribution in [0.2, 0.25) is 0 Å². The molecule has 1 aromatic heterocycles. The maximum absolute atomic E-state index is 12.0. The van der Waals surface area contributed by atoms with Gasteiger partial charge in [-0.1, -0.05) is 36.4 Å². The lowest BCUT2D eigenvalue weighted by atomic mass is 10.1. The third-order valence-corrected chi connectivity index (χ3v) is 3.58. The van der Waals surface area contributed by atoms with E-state index in [-0.39, 0.29) is 0 Å². The number of hydrogen-bond donors (Lipinski definition) is 3. The zero-order valence-corrected chi connectivity index (χ0v) is 11.5. The van der Waals surface area contributed by atoms with E-state index in [2.05, 4.69) is 10.6 Å². The van der Waals surface area contributed by atoms with Crippen molar-refractivity contribution >= 4 is 23.3 Å². The second kappa shape index (κ2) is 6.83. The Labute approximate surface area is 120 Å². The zero-order chi connectivity index (χ0) is 14.4. The van der Waals surface area contributed by atoms with Crippen LogP contribution in [0.5, 0.6) is 0 Å². The third-order valence-electron chi connectivity index (χ3n) is 2.70. The van der Waals surface area contributed by atoms with Crippen LogP contribution < -0.4 is 16.4 Å². The number of hydrogen-bond acceptors (Lipinski definition) is 4. The number of urea groups is 1. The fraction of sp³-hybridized carbons (Fsp3) is 0.143. The predicted molar refractivity (Wildman–Crippen MR) is 78.1 cm³/mol. The minimum atomic E-state index is -0.853. The molecule has 0 aliphatic carbocycles. The minimum absolute atomic E-state index is 0.458. The summed E-state index contributed by atoms with van der Waals surface area (Å²) in [6.07, 6.45) is 0. The van der Waals surface area contributed by atoms with Crippen LogP contribution in [0.1, 0.15) is 16.5 Å². The van der Waals surface area contributed by atoms with E-state index in [4.69, 9.17) is 5.73 Å². The predicted octanol–water partition coefficient (Wildman–Crippen LogP) is 1.77. The fourth-order valence-corrected chi connectivity index (χ4v) is 2.47. The molecule has 0 saturated heterocycles. The average Bonchev–Trinajstić information content (AvgIpc) is 2.92. The van der Waals surface area contributed by atoms with E-state index in [1.54, 1.807) is 11.3 Å². The molecule has 4 N–H and O–H groups in total. The quantitative estimate of drug-likeness (QED) is 0.784. The van der Waals surface area contributed by atoms with E-state index < -0.39 is 18.0 Å². The van der Waals surface area contributed by atoms with E-state index in [0.717, 1.165) is 10.4 Å². The normalized spacial score (nSPS) is 11.8. The highest BCUT2D eigenvalue weighted by Gasteiger charge is 2.21. The summed E-state index contributed by atoms with van der Waals surface area (Å²) in [4.78, 5) is 24.0. The van der Waals surface area contributed by atoms with E-state index in [1.807, 2.05) is 47.8 Å². The van der Waals surface area contributed by atoms with Gasteiger partial charge in [-0.25, -0.2) is 4.79 Å². The smallest absolute Gasteiger partial charge is 0.318 e. The van der Waals surface area contributed by atoms with Crippen molar-refractivity contribution in [3.8, 4) is 0 Å². The molecule has 20 heavy (non-hydrogen) atoms. The molecule has 0 aliphatic rings. The lowest BCUT2D eigenvalue weighted by Gasteiger charge is -2.17. The largest absolute Gasteiger partial charge is 0.351 e. The summed E-state index contributed by atoms with van der Waals surface area (Å²) in [7, 11) is 0. The van der Waals surface area contributed by atoms with Gasteiger partial charge >= 0.3 is 6.03 Å². The third kappa shape index (κ3) is 3.91. The topological polar surface area (TPSA) is 84.2 Å². The SMILES string of the molecule is NC(=O)NC(=O)[C@H](NCc1cccs1)c1ccccc1. The van der Waals surface area contributed by atoms with Crippen LogP contribution in [0.25, 0.3) is 0 Å². The first kappa shape index (κ1) is 14.2. The Kier molecular flexibility index (Phi) is 4.86. The van der Waals surface area contributed by atoms with Gasteiger partial charge in [-0.05, 0) is 17.0 Å². The van der Waals surface area contributed by atoms with Gasteiger partial charge < -0.3 is 5.73 Å². The molecule has 0 spiro atoms. The molecule has 2 aromatic rings. The van der Waals surface area contributed by atoms with Crippen LogP contribution >= 0.6 is 11.3 Å². The van der Waals surface area contributed by atoms with Crippen molar-refractivity contribution in [1.82, 2.24) is 10.6 Å². The number of amides is 3. The van der Waals surface area contributed by atoms with Crippen molar-refractivity contribution in [1.29, 1.82) is 0 Å². The first-order valence-corrected chi connectivity index (χ1v) is 6.96. The van der Waals surface area contributed by atoms with Gasteiger partial charge in [-0.15, -0.1) is 11.3 Å². The van der Waals surface area contributed by atoms with Crippen molar-refractivity contribution in [3.63, 3.8) is 0 Å². The summed E-state index contributed by atoms with van der Waals surface area (Å²) in [5.41, 5.74) is 5.78. The van der Waals surface area contributed by atoms with E-state index >= 15 is 0 Å². The number of carbonyl (C=O) groups is 2. The summed E-state index contributed by atoms with van der Waals surface area (Å²) < 4.78 is 0. The van der Waals surface area contributed by atoms with Crippen molar-refractivity contribution in [2.24, 2.45) is 5.73 Å². The first-order valence-electron chi connectivity index (χ1n) is 6.08. The highest BCUT2D eigenvalue weighted by atomic mass is 32.1. The summed E-state index contributed by atoms with van der Waals surface area (Å²) in [5, 5.41) is 7.22. The monoisotopic (exact) mass is 289 g/mol. The Balaban J connectivity index is 2.11. The zero-order valence-electron chi connectivity index (χ0n) is 10.7. The molecule has 104 valence electrons. The van der Waals surface area contributed by atoms with Gasteiger partial charge in [0.05, 0.1) is 0 Å². The number of benzene rings is 1. The number of nitrogens with one attached hydrogen (secondary N) is 2. The molecule has 1 heterocycles. The molecule has 0 bridgehead atoms. The van der Waals surface area contributed by atoms with Crippen LogP contribution in [0.3, 0.4) is 0 Å². The van der Waals surface area contributed by atoms with Gasteiger partial charge in [0.2, 0.25) is 5.91 Å². The lowest BCUT2D eigenvalue weighted by Crippen LogP contribution is -2.42. The lowest BCUT2D eigenvalue weighted by molar-refractivity contribution is -0.122. The highest BCUT2D eigenvalue weighted by Crippen LogP contribution is 2.15. The molecular formula is C14H15N3O2S. The molecule has 6 heteroatoms. The van der Waals surface area contributed by atoms with Crippen LogP contribution in [-0.2, 0) is 11.3 Å². The molecule has 0 fully saturated rings. The summed E-state index contributed by atoms with van der Waals surface area (Å²) in [6.45, 7) is 0.545. The summed E-state index contributed by atoms with van der Waals surface area (Å²) in [6, 6.07) is 11.7. The van der Waals surface area contributed by atoms with Gasteiger partial charge in [-0.3, -0.25) is 15.4 Å². The van der Waals surface area contributed by atoms with E-state index in [9.17, 15) is 9.59 Å². The van der Waals surface area contributed by atoms with Gasteiger partial charge in [0.25, 0.3) is 0 Å². The first-order chi connectivity index (χ1) is 9.66. The highest BCUT2D eigenvalue weighted by molar-refractivity contribution is 7.09. The maximum Gasteiger partial charge on any atom is 0.318 e. The van der Waals surface area contributed by atoms with Crippen molar-refractivity contribution < 1.29 is 9.59 Å². The molecular weight excluding hydrogens is 274 g/mol. The maximum atomic E-state index is 12.0. The molecule has 0 unspecified atom stereocenters. The number of rotatable bonds is 5. The average molecular weight is 289 g/mol. The summed E-state index contributed by atoms with van der Waals surface area (Å²) in [5.74, 6) is -0.458. The standard InChI is InChI=1S/C14H15N3O2S/c15-14(19)17-13(18)12(10-5-2-1-3-6-10)16-9-11-7-4-8-20-11/h1-8,12,16H,9H2,(H3,15,17,18,19)/t12-/m1/s1. The van der Waals surface area contributed by atoms with Gasteiger partial charge in [-0.2, -0.15) is 0 Å². The van der Waals surface area contributed by atoms with Crippen molar-refractivity contribution in [2.45, 2.75) is 12.6 Å². The van der Waals surface area contributed by atoms with Crippen molar-refractivity contribution in [3.05, 3.63) is 58.3 Å². The van der Waals surface area contributed by atoms with Gasteiger partial charge in [0, 0.05) is 11.4 Å². The number of nitrogens with two attached hydrogens (primary N) is 1. The number of carbonyl (C=O) groups excluding carboxylic acids is 2. The second-order valence-electron chi connectivity index (χ2n) is 4.16. The molecule has 0 saturated carbocycles. The Hall–Kier alpha value is -2.18. The Bertz CT molecular complexity index is 569. The number of primary amides is 1. The van der Waals surface area contributed by atoms with Crippen LogP contribution in [0.15, 0.2) is 47.8 Å². The molecule has 0 aliphatic heterocycles. The summed E-state index contributed by atoms with van der Waals surface area (Å²) >= 11 is 1.60. The van der Waals surface area contributed by atoms with Gasteiger partial charge in [0.1, 0.15) is 6.04 Å². The molecule has 0 radical (unpaired) electrons. The van der Waals surface area contributed by atoms with Crippen molar-refractivity contribution in [2.75, 3.05) is 0 Å². The van der Waals surface area contributed by atoms with Crippen LogP contribution in [0, 0.1) is 0 Å². The Morgan fingerprint density at radius 1 is 1.15 bits per heavy atom. The molecule has 1 aromatic carbocycles. The molecule has 3 amide bonds. The number of thiophene rings is 1. The molecule has 2 rings (SSSR count). The molecule has 1 atom stereocenters. The van der Waals surface area contributed by atoms with Crippen LogP contribution in [0.4, 0.5) is 4.79 Å². The van der Waals surface area contributed by atoms with Gasteiger partial charge in [0.15, 0.2) is 0 Å². The Morgan fingerprint density at radius 2 is 1.90 bits per heavy atom. The minimum Gasteiger partial charge on any atom is -0.351 e. The van der Waals surface area contributed by atoms with E-state index in [0.29, 0.717) is 6.54 Å².